The Hall–Kier alpha value is -1.58. The van der Waals surface area contributed by atoms with Crippen LogP contribution >= 0.6 is 0 Å². The Morgan fingerprint density at radius 2 is 2.28 bits per heavy atom. The molecular formula is C14H20N2O2. The monoisotopic (exact) mass is 248 g/mol. The fraction of sp³-hybridized carbons (Fsp3) is 0.571. The molecule has 2 heterocycles. The quantitative estimate of drug-likeness (QED) is 0.893. The van der Waals surface area contributed by atoms with Crippen LogP contribution in [0, 0.1) is 0 Å². The summed E-state index contributed by atoms with van der Waals surface area (Å²) in [5, 5.41) is 9.26. The first-order chi connectivity index (χ1) is 8.45. The fourth-order valence-electron chi connectivity index (χ4n) is 2.46. The Labute approximate surface area is 108 Å². The summed E-state index contributed by atoms with van der Waals surface area (Å²) in [6.45, 7) is 6.76. The van der Waals surface area contributed by atoms with Gasteiger partial charge in [-0.1, -0.05) is 27.2 Å². The number of carbonyl (C=O) groups is 1. The maximum atomic E-state index is 11.3. The number of hydrogen-bond donors (Lipinski definition) is 1. The van der Waals surface area contributed by atoms with Crippen LogP contribution in [-0.4, -0.2) is 22.7 Å². The molecule has 1 amide bonds. The largest absolute Gasteiger partial charge is 0.465 e. The highest BCUT2D eigenvalue weighted by molar-refractivity contribution is 5.90. The summed E-state index contributed by atoms with van der Waals surface area (Å²) in [4.78, 5) is 17.2. The molecule has 4 nitrogen and oxygen atoms in total. The highest BCUT2D eigenvalue weighted by atomic mass is 16.4. The lowest BCUT2D eigenvalue weighted by molar-refractivity contribution is 0.201. The number of amides is 1. The average molecular weight is 248 g/mol. The van der Waals surface area contributed by atoms with Gasteiger partial charge in [0.25, 0.3) is 0 Å². The van der Waals surface area contributed by atoms with Crippen molar-refractivity contribution in [3.63, 3.8) is 0 Å². The molecule has 0 bridgehead atoms. The lowest BCUT2D eigenvalue weighted by Crippen LogP contribution is -2.32. The van der Waals surface area contributed by atoms with Gasteiger partial charge in [0.1, 0.15) is 0 Å². The molecule has 4 heteroatoms. The van der Waals surface area contributed by atoms with Crippen molar-refractivity contribution in [1.29, 1.82) is 0 Å². The molecule has 1 aliphatic rings. The summed E-state index contributed by atoms with van der Waals surface area (Å²) in [7, 11) is 0. The summed E-state index contributed by atoms with van der Waals surface area (Å²) in [5.74, 6) is 0. The molecule has 0 radical (unpaired) electrons. The number of anilines is 1. The van der Waals surface area contributed by atoms with E-state index in [1.165, 1.54) is 4.90 Å². The van der Waals surface area contributed by atoms with Crippen LogP contribution in [0.1, 0.15) is 44.9 Å². The minimum absolute atomic E-state index is 0.149. The molecular weight excluding hydrogens is 228 g/mol. The summed E-state index contributed by atoms with van der Waals surface area (Å²) >= 11 is 0. The molecule has 0 saturated carbocycles. The molecule has 98 valence electrons. The Kier molecular flexibility index (Phi) is 3.28. The average Bonchev–Trinajstić information content (AvgIpc) is 2.59. The van der Waals surface area contributed by atoms with Gasteiger partial charge in [0, 0.05) is 29.4 Å². The zero-order valence-corrected chi connectivity index (χ0v) is 11.2. The number of unbranched alkanes of at least 4 members (excludes halogenated alkanes) is 1. The van der Waals surface area contributed by atoms with Crippen molar-refractivity contribution in [3.8, 4) is 0 Å². The van der Waals surface area contributed by atoms with E-state index in [0.717, 1.165) is 36.2 Å². The Morgan fingerprint density at radius 1 is 1.56 bits per heavy atom. The standard InChI is InChI=1S/C14H20N2O2/c1-4-5-6-10-7-12-11(8-15-10)14(2,3)9-16(12)13(17)18/h7-8H,4-6,9H2,1-3H3,(H,17,18). The first-order valence-corrected chi connectivity index (χ1v) is 6.45. The smallest absolute Gasteiger partial charge is 0.411 e. The Bertz CT molecular complexity index is 469. The van der Waals surface area contributed by atoms with E-state index in [2.05, 4.69) is 25.8 Å². The van der Waals surface area contributed by atoms with Crippen LogP contribution in [0.3, 0.4) is 0 Å². The normalized spacial score (nSPS) is 16.7. The fourth-order valence-corrected chi connectivity index (χ4v) is 2.46. The van der Waals surface area contributed by atoms with E-state index in [4.69, 9.17) is 0 Å². The van der Waals surface area contributed by atoms with Crippen molar-refractivity contribution >= 4 is 11.8 Å². The zero-order valence-electron chi connectivity index (χ0n) is 11.2. The number of fused-ring (bicyclic) bond motifs is 1. The van der Waals surface area contributed by atoms with E-state index in [1.54, 1.807) is 0 Å². The van der Waals surface area contributed by atoms with Gasteiger partial charge in [-0.2, -0.15) is 0 Å². The summed E-state index contributed by atoms with van der Waals surface area (Å²) in [6.07, 6.45) is 4.09. The second-order valence-electron chi connectivity index (χ2n) is 5.55. The minimum Gasteiger partial charge on any atom is -0.465 e. The third-order valence-corrected chi connectivity index (χ3v) is 3.53. The van der Waals surface area contributed by atoms with Crippen LogP contribution in [0.15, 0.2) is 12.3 Å². The third-order valence-electron chi connectivity index (χ3n) is 3.53. The second-order valence-corrected chi connectivity index (χ2v) is 5.55. The van der Waals surface area contributed by atoms with Crippen molar-refractivity contribution in [3.05, 3.63) is 23.5 Å². The van der Waals surface area contributed by atoms with Crippen molar-refractivity contribution in [2.45, 2.75) is 45.4 Å². The molecule has 0 atom stereocenters. The van der Waals surface area contributed by atoms with Gasteiger partial charge in [-0.3, -0.25) is 9.88 Å². The van der Waals surface area contributed by atoms with Crippen LogP contribution in [0.4, 0.5) is 10.5 Å². The van der Waals surface area contributed by atoms with E-state index >= 15 is 0 Å². The molecule has 0 saturated heterocycles. The summed E-state index contributed by atoms with van der Waals surface area (Å²) in [5.41, 5.74) is 2.68. The molecule has 1 N–H and O–H groups in total. The van der Waals surface area contributed by atoms with E-state index in [0.29, 0.717) is 6.54 Å². The molecule has 0 fully saturated rings. The van der Waals surface area contributed by atoms with E-state index in [9.17, 15) is 9.90 Å². The third kappa shape index (κ3) is 2.19. The van der Waals surface area contributed by atoms with Crippen LogP contribution < -0.4 is 4.90 Å². The van der Waals surface area contributed by atoms with Gasteiger partial charge in [-0.25, -0.2) is 4.79 Å². The minimum atomic E-state index is -0.880. The van der Waals surface area contributed by atoms with Gasteiger partial charge >= 0.3 is 6.09 Å². The number of hydrogen-bond acceptors (Lipinski definition) is 2. The molecule has 2 rings (SSSR count). The van der Waals surface area contributed by atoms with E-state index < -0.39 is 6.09 Å². The summed E-state index contributed by atoms with van der Waals surface area (Å²) in [6, 6.07) is 1.94. The first-order valence-electron chi connectivity index (χ1n) is 6.45. The van der Waals surface area contributed by atoms with Crippen LogP contribution in [-0.2, 0) is 11.8 Å². The lowest BCUT2D eigenvalue weighted by atomic mass is 9.88. The van der Waals surface area contributed by atoms with Gasteiger partial charge in [-0.05, 0) is 18.9 Å². The van der Waals surface area contributed by atoms with Crippen LogP contribution in [0.2, 0.25) is 0 Å². The lowest BCUT2D eigenvalue weighted by Gasteiger charge is -2.18. The van der Waals surface area contributed by atoms with Crippen molar-refractivity contribution < 1.29 is 9.90 Å². The number of carboxylic acid groups (broad SMARTS) is 1. The maximum Gasteiger partial charge on any atom is 0.411 e. The molecule has 0 spiro atoms. The van der Waals surface area contributed by atoms with Gasteiger partial charge in [0.2, 0.25) is 0 Å². The summed E-state index contributed by atoms with van der Waals surface area (Å²) < 4.78 is 0. The molecule has 1 aromatic rings. The van der Waals surface area contributed by atoms with E-state index in [1.807, 2.05) is 12.3 Å². The first kappa shape index (κ1) is 12.9. The highest BCUT2D eigenvalue weighted by Gasteiger charge is 2.38. The molecule has 0 unspecified atom stereocenters. The van der Waals surface area contributed by atoms with Gasteiger partial charge < -0.3 is 5.11 Å². The number of nitrogens with zero attached hydrogens (tertiary/aromatic N) is 2. The van der Waals surface area contributed by atoms with Crippen LogP contribution in [0.25, 0.3) is 0 Å². The highest BCUT2D eigenvalue weighted by Crippen LogP contribution is 2.40. The van der Waals surface area contributed by atoms with Gasteiger partial charge in [-0.15, -0.1) is 0 Å². The van der Waals surface area contributed by atoms with Crippen molar-refractivity contribution in [1.82, 2.24) is 4.98 Å². The molecule has 0 aliphatic carbocycles. The number of aromatic nitrogens is 1. The molecule has 1 aliphatic heterocycles. The predicted molar refractivity (Wildman–Crippen MR) is 71.2 cm³/mol. The molecule has 18 heavy (non-hydrogen) atoms. The topological polar surface area (TPSA) is 53.4 Å². The van der Waals surface area contributed by atoms with Crippen molar-refractivity contribution in [2.75, 3.05) is 11.4 Å². The maximum absolute atomic E-state index is 11.3. The SMILES string of the molecule is CCCCc1cc2c(cn1)C(C)(C)CN2C(=O)O. The number of aryl methyl sites for hydroxylation is 1. The zero-order chi connectivity index (χ0) is 13.3. The van der Waals surface area contributed by atoms with Crippen molar-refractivity contribution in [2.24, 2.45) is 0 Å². The van der Waals surface area contributed by atoms with Crippen LogP contribution in [0.5, 0.6) is 0 Å². The molecule has 0 aromatic carbocycles. The Balaban J connectivity index is 2.37. The predicted octanol–water partition coefficient (Wildman–Crippen LogP) is 3.20. The second kappa shape index (κ2) is 4.59. The number of rotatable bonds is 3. The Morgan fingerprint density at radius 3 is 2.89 bits per heavy atom. The van der Waals surface area contributed by atoms with Gasteiger partial charge in [0.15, 0.2) is 0 Å². The van der Waals surface area contributed by atoms with Gasteiger partial charge in [0.05, 0.1) is 5.69 Å². The van der Waals surface area contributed by atoms with E-state index in [-0.39, 0.29) is 5.41 Å². The number of pyridine rings is 1. The molecule has 1 aromatic heterocycles.